The Bertz CT molecular complexity index is 990. The third-order valence-electron chi connectivity index (χ3n) is 8.57. The molecule has 166 valence electrons. The molecular formula is C27H29NO4. The second kappa shape index (κ2) is 7.65. The molecule has 2 aromatic rings. The number of ether oxygens (including phenoxy) is 1. The number of carboxylic acids is 1. The van der Waals surface area contributed by atoms with E-state index in [-0.39, 0.29) is 18.4 Å². The van der Waals surface area contributed by atoms with E-state index in [9.17, 15) is 14.7 Å². The van der Waals surface area contributed by atoms with Crippen LogP contribution in [0.4, 0.5) is 4.79 Å². The SMILES string of the molecule is O=C(NC(C(=O)O)C1C2CC3CC(C2)CC1C3)OCC1c2ccccc2-c2ccccc21. The molecule has 5 heteroatoms. The van der Waals surface area contributed by atoms with Gasteiger partial charge >= 0.3 is 12.1 Å². The largest absolute Gasteiger partial charge is 0.480 e. The predicted octanol–water partition coefficient (Wildman–Crippen LogP) is 5.05. The van der Waals surface area contributed by atoms with Crippen LogP contribution >= 0.6 is 0 Å². The smallest absolute Gasteiger partial charge is 0.407 e. The van der Waals surface area contributed by atoms with E-state index in [1.165, 1.54) is 17.5 Å². The molecule has 4 saturated carbocycles. The molecule has 7 rings (SSSR count). The van der Waals surface area contributed by atoms with Gasteiger partial charge in [-0.25, -0.2) is 9.59 Å². The van der Waals surface area contributed by atoms with Crippen LogP contribution in [0.5, 0.6) is 0 Å². The van der Waals surface area contributed by atoms with Gasteiger partial charge in [-0.15, -0.1) is 0 Å². The van der Waals surface area contributed by atoms with Crippen LogP contribution in [0.15, 0.2) is 48.5 Å². The van der Waals surface area contributed by atoms with Gasteiger partial charge in [0.1, 0.15) is 12.6 Å². The van der Waals surface area contributed by atoms with Crippen LogP contribution in [0.3, 0.4) is 0 Å². The average Bonchev–Trinajstić information content (AvgIpc) is 3.10. The van der Waals surface area contributed by atoms with Gasteiger partial charge in [0.15, 0.2) is 0 Å². The number of carbonyl (C=O) groups is 2. The highest BCUT2D eigenvalue weighted by Gasteiger charge is 2.52. The fourth-order valence-corrected chi connectivity index (χ4v) is 7.60. The molecule has 0 aromatic heterocycles. The van der Waals surface area contributed by atoms with Gasteiger partial charge in [-0.1, -0.05) is 48.5 Å². The number of fused-ring (bicyclic) bond motifs is 3. The van der Waals surface area contributed by atoms with Crippen LogP contribution in [0.25, 0.3) is 11.1 Å². The number of hydrogen-bond acceptors (Lipinski definition) is 3. The number of nitrogens with one attached hydrogen (secondary N) is 1. The quantitative estimate of drug-likeness (QED) is 0.695. The van der Waals surface area contributed by atoms with Gasteiger partial charge in [-0.3, -0.25) is 0 Å². The number of amides is 1. The van der Waals surface area contributed by atoms with E-state index in [2.05, 4.69) is 29.6 Å². The third kappa shape index (κ3) is 3.21. The maximum absolute atomic E-state index is 12.8. The Labute approximate surface area is 188 Å². The van der Waals surface area contributed by atoms with Gasteiger partial charge in [0, 0.05) is 5.92 Å². The molecule has 4 bridgehead atoms. The van der Waals surface area contributed by atoms with Crippen LogP contribution < -0.4 is 5.32 Å². The van der Waals surface area contributed by atoms with Crippen LogP contribution in [-0.2, 0) is 9.53 Å². The monoisotopic (exact) mass is 431 g/mol. The Morgan fingerprint density at radius 2 is 1.41 bits per heavy atom. The van der Waals surface area contributed by atoms with Crippen molar-refractivity contribution in [1.82, 2.24) is 5.32 Å². The van der Waals surface area contributed by atoms with Crippen molar-refractivity contribution in [3.8, 4) is 11.1 Å². The highest BCUT2D eigenvalue weighted by molar-refractivity contribution is 5.81. The second-order valence-corrected chi connectivity index (χ2v) is 10.3. The summed E-state index contributed by atoms with van der Waals surface area (Å²) in [4.78, 5) is 25.0. The van der Waals surface area contributed by atoms with Crippen molar-refractivity contribution >= 4 is 12.1 Å². The van der Waals surface area contributed by atoms with Gasteiger partial charge in [0.25, 0.3) is 0 Å². The standard InChI is InChI=1S/C27H29NO4/c29-26(30)25(24-17-10-15-9-16(12-17)13-18(24)11-15)28-27(31)32-14-23-21-7-3-1-5-19(21)20-6-2-4-8-22(20)23/h1-8,15-18,23-25H,9-14H2,(H,28,31)(H,29,30). The summed E-state index contributed by atoms with van der Waals surface area (Å²) in [7, 11) is 0. The fourth-order valence-electron chi connectivity index (χ4n) is 7.60. The zero-order valence-electron chi connectivity index (χ0n) is 18.1. The van der Waals surface area contributed by atoms with Crippen LogP contribution in [0.1, 0.15) is 49.1 Å². The van der Waals surface area contributed by atoms with Crippen LogP contribution in [0, 0.1) is 29.6 Å². The predicted molar refractivity (Wildman–Crippen MR) is 120 cm³/mol. The van der Waals surface area contributed by atoms with E-state index in [0.717, 1.165) is 48.6 Å². The van der Waals surface area contributed by atoms with E-state index in [1.807, 2.05) is 24.3 Å². The van der Waals surface area contributed by atoms with E-state index < -0.39 is 18.1 Å². The highest BCUT2D eigenvalue weighted by atomic mass is 16.5. The lowest BCUT2D eigenvalue weighted by atomic mass is 9.50. The molecule has 0 aliphatic heterocycles. The molecule has 0 spiro atoms. The van der Waals surface area contributed by atoms with Gasteiger partial charge in [0.2, 0.25) is 0 Å². The molecule has 32 heavy (non-hydrogen) atoms. The van der Waals surface area contributed by atoms with Crippen molar-refractivity contribution in [3.63, 3.8) is 0 Å². The highest BCUT2D eigenvalue weighted by Crippen LogP contribution is 2.57. The number of hydrogen-bond donors (Lipinski definition) is 2. The molecule has 0 heterocycles. The lowest BCUT2D eigenvalue weighted by Crippen LogP contribution is -2.56. The van der Waals surface area contributed by atoms with Crippen molar-refractivity contribution in [3.05, 3.63) is 59.7 Å². The first-order chi connectivity index (χ1) is 15.6. The normalized spacial score (nSPS) is 30.4. The zero-order valence-corrected chi connectivity index (χ0v) is 18.1. The maximum atomic E-state index is 12.8. The van der Waals surface area contributed by atoms with Crippen LogP contribution in [-0.4, -0.2) is 29.8 Å². The molecule has 1 unspecified atom stereocenters. The van der Waals surface area contributed by atoms with Gasteiger partial charge in [0.05, 0.1) is 0 Å². The average molecular weight is 432 g/mol. The Morgan fingerprint density at radius 3 is 1.94 bits per heavy atom. The summed E-state index contributed by atoms with van der Waals surface area (Å²) < 4.78 is 5.65. The summed E-state index contributed by atoms with van der Waals surface area (Å²) in [5, 5.41) is 12.7. The van der Waals surface area contributed by atoms with Crippen LogP contribution in [0.2, 0.25) is 0 Å². The van der Waals surface area contributed by atoms with Gasteiger partial charge < -0.3 is 15.2 Å². The minimum Gasteiger partial charge on any atom is -0.480 e. The first kappa shape index (κ1) is 19.8. The molecule has 0 radical (unpaired) electrons. The lowest BCUT2D eigenvalue weighted by Gasteiger charge is -2.55. The van der Waals surface area contributed by atoms with Crippen molar-refractivity contribution in [2.45, 2.75) is 44.1 Å². The zero-order chi connectivity index (χ0) is 21.8. The minimum atomic E-state index is -0.934. The van der Waals surface area contributed by atoms with Crippen molar-refractivity contribution in [2.75, 3.05) is 6.61 Å². The lowest BCUT2D eigenvalue weighted by molar-refractivity contribution is -0.146. The first-order valence-corrected chi connectivity index (χ1v) is 11.9. The van der Waals surface area contributed by atoms with E-state index in [0.29, 0.717) is 11.8 Å². The first-order valence-electron chi connectivity index (χ1n) is 11.9. The number of rotatable bonds is 5. The molecule has 4 fully saturated rings. The Morgan fingerprint density at radius 1 is 0.875 bits per heavy atom. The Kier molecular flexibility index (Phi) is 4.74. The second-order valence-electron chi connectivity index (χ2n) is 10.3. The van der Waals surface area contributed by atoms with Crippen molar-refractivity contribution in [2.24, 2.45) is 29.6 Å². The number of alkyl carbamates (subject to hydrolysis) is 1. The van der Waals surface area contributed by atoms with E-state index >= 15 is 0 Å². The summed E-state index contributed by atoms with van der Waals surface area (Å²) in [6.07, 6.45) is 5.17. The molecule has 2 N–H and O–H groups in total. The number of carbonyl (C=O) groups excluding carboxylic acids is 1. The number of aliphatic carboxylic acids is 1. The Hall–Kier alpha value is -2.82. The van der Waals surface area contributed by atoms with E-state index in [4.69, 9.17) is 4.74 Å². The van der Waals surface area contributed by atoms with Crippen molar-refractivity contribution < 1.29 is 19.4 Å². The van der Waals surface area contributed by atoms with Crippen molar-refractivity contribution in [1.29, 1.82) is 0 Å². The minimum absolute atomic E-state index is 0.0285. The summed E-state index contributed by atoms with van der Waals surface area (Å²) in [6, 6.07) is 15.5. The molecule has 2 aromatic carbocycles. The van der Waals surface area contributed by atoms with Gasteiger partial charge in [-0.2, -0.15) is 0 Å². The third-order valence-corrected chi connectivity index (χ3v) is 8.57. The summed E-state index contributed by atoms with van der Waals surface area (Å²) >= 11 is 0. The number of benzene rings is 2. The summed E-state index contributed by atoms with van der Waals surface area (Å²) in [6.45, 7) is 0.202. The van der Waals surface area contributed by atoms with Gasteiger partial charge in [-0.05, 0) is 83.9 Å². The summed E-state index contributed by atoms with van der Waals surface area (Å²) in [5.74, 6) is 1.42. The maximum Gasteiger partial charge on any atom is 0.407 e. The summed E-state index contributed by atoms with van der Waals surface area (Å²) in [5.41, 5.74) is 4.65. The number of carboxylic acid groups (broad SMARTS) is 1. The molecule has 5 nitrogen and oxygen atoms in total. The molecule has 5 aliphatic carbocycles. The molecule has 0 saturated heterocycles. The molecular weight excluding hydrogens is 402 g/mol. The molecule has 1 amide bonds. The molecule has 1 atom stereocenters. The Balaban J connectivity index is 1.16. The topological polar surface area (TPSA) is 75.6 Å². The fraction of sp³-hybridized carbons (Fsp3) is 0.481. The molecule has 5 aliphatic rings. The van der Waals surface area contributed by atoms with E-state index in [1.54, 1.807) is 0 Å².